The molecular formula is C10H12IN3O5. The number of carbonyl (C=O) groups is 2. The number of nitrogens with one attached hydrogen (secondary N) is 1. The van der Waals surface area contributed by atoms with Gasteiger partial charge in [0.25, 0.3) is 5.91 Å². The Hall–Kier alpha value is -1.65. The maximum absolute atomic E-state index is 11.8. The predicted octanol–water partition coefficient (Wildman–Crippen LogP) is 0.640. The van der Waals surface area contributed by atoms with E-state index in [4.69, 9.17) is 0 Å². The Kier molecular flexibility index (Phi) is 5.27. The first kappa shape index (κ1) is 15.4. The number of halogens is 1. The molecule has 1 N–H and O–H groups in total. The molecule has 1 aromatic rings. The van der Waals surface area contributed by atoms with Crippen LogP contribution in [0.4, 0.5) is 5.82 Å². The van der Waals surface area contributed by atoms with Gasteiger partial charge in [-0.15, -0.1) is 0 Å². The first-order chi connectivity index (χ1) is 8.88. The normalized spacial score (nSPS) is 11.7. The molecule has 1 atom stereocenters. The molecule has 0 spiro atoms. The fourth-order valence-electron chi connectivity index (χ4n) is 1.40. The number of nitrogens with zero attached hydrogens (tertiary/aromatic N) is 2. The van der Waals surface area contributed by atoms with Gasteiger partial charge in [-0.3, -0.25) is 9.59 Å². The Morgan fingerprint density at radius 2 is 2.21 bits per heavy atom. The van der Waals surface area contributed by atoms with E-state index in [0.29, 0.717) is 0 Å². The number of methoxy groups -OCH3 is 1. The van der Waals surface area contributed by atoms with Crippen molar-refractivity contribution in [2.45, 2.75) is 3.92 Å². The van der Waals surface area contributed by atoms with Gasteiger partial charge in [0.15, 0.2) is 5.69 Å². The maximum Gasteiger partial charge on any atom is 0.323 e. The molecule has 0 fully saturated rings. The van der Waals surface area contributed by atoms with Crippen LogP contribution < -0.4 is 5.32 Å². The number of alkyl halides is 1. The minimum Gasteiger partial charge on any atom is -0.468 e. The molecule has 0 aliphatic heterocycles. The molecule has 0 aliphatic carbocycles. The molecule has 9 heteroatoms. The van der Waals surface area contributed by atoms with E-state index in [9.17, 15) is 19.7 Å². The molecule has 1 rings (SSSR count). The highest BCUT2D eigenvalue weighted by atomic mass is 127. The van der Waals surface area contributed by atoms with Gasteiger partial charge in [-0.05, 0) is 11.0 Å². The molecule has 0 bridgehead atoms. The van der Waals surface area contributed by atoms with Crippen LogP contribution in [0.5, 0.6) is 0 Å². The number of aromatic nitrogens is 1. The molecule has 0 radical (unpaired) electrons. The first-order valence-corrected chi connectivity index (χ1v) is 6.43. The van der Waals surface area contributed by atoms with Crippen LogP contribution >= 0.6 is 22.6 Å². The summed E-state index contributed by atoms with van der Waals surface area (Å²) in [6.45, 7) is 0.0883. The van der Waals surface area contributed by atoms with Crippen molar-refractivity contribution in [3.05, 3.63) is 27.9 Å². The lowest BCUT2D eigenvalue weighted by Crippen LogP contribution is -2.34. The third kappa shape index (κ3) is 3.66. The Morgan fingerprint density at radius 1 is 1.58 bits per heavy atom. The zero-order valence-corrected chi connectivity index (χ0v) is 12.4. The number of hydrogen-bond acceptors (Lipinski definition) is 5. The number of nitro groups is 1. The van der Waals surface area contributed by atoms with Crippen LogP contribution in [-0.4, -0.2) is 38.9 Å². The Labute approximate surface area is 122 Å². The Bertz CT molecular complexity index is 513. The summed E-state index contributed by atoms with van der Waals surface area (Å²) in [5.74, 6) is -1.11. The summed E-state index contributed by atoms with van der Waals surface area (Å²) >= 11 is 1.84. The van der Waals surface area contributed by atoms with Crippen LogP contribution in [0.25, 0.3) is 0 Å². The molecule has 104 valence electrons. The van der Waals surface area contributed by atoms with E-state index in [1.165, 1.54) is 30.9 Å². The molecule has 1 aromatic heterocycles. The zero-order valence-electron chi connectivity index (χ0n) is 10.3. The number of carbonyl (C=O) groups excluding carboxylic acids is 2. The molecule has 1 amide bonds. The summed E-state index contributed by atoms with van der Waals surface area (Å²) in [5.41, 5.74) is 0.153. The average molecular weight is 381 g/mol. The van der Waals surface area contributed by atoms with Gasteiger partial charge in [0.2, 0.25) is 0 Å². The zero-order chi connectivity index (χ0) is 14.6. The van der Waals surface area contributed by atoms with Crippen LogP contribution in [0.3, 0.4) is 0 Å². The van der Waals surface area contributed by atoms with E-state index < -0.39 is 20.7 Å². The molecule has 1 heterocycles. The SMILES string of the molecule is COC(=O)C(I)CNC(=O)c1ccc([N+](=O)[O-])n1C. The Morgan fingerprint density at radius 3 is 2.68 bits per heavy atom. The second kappa shape index (κ2) is 6.50. The van der Waals surface area contributed by atoms with Crippen molar-refractivity contribution in [3.63, 3.8) is 0 Å². The van der Waals surface area contributed by atoms with Gasteiger partial charge in [-0.25, -0.2) is 4.57 Å². The van der Waals surface area contributed by atoms with E-state index in [-0.39, 0.29) is 18.1 Å². The van der Waals surface area contributed by atoms with Crippen LogP contribution in [0.2, 0.25) is 0 Å². The van der Waals surface area contributed by atoms with E-state index in [2.05, 4.69) is 10.1 Å². The van der Waals surface area contributed by atoms with Gasteiger partial charge < -0.3 is 20.2 Å². The average Bonchev–Trinajstić information content (AvgIpc) is 2.76. The van der Waals surface area contributed by atoms with Crippen molar-refractivity contribution in [2.75, 3.05) is 13.7 Å². The van der Waals surface area contributed by atoms with Gasteiger partial charge in [0.1, 0.15) is 3.92 Å². The second-order valence-corrected chi connectivity index (χ2v) is 5.10. The van der Waals surface area contributed by atoms with Crippen LogP contribution in [0.15, 0.2) is 12.1 Å². The number of esters is 1. The standard InChI is InChI=1S/C10H12IN3O5/c1-13-7(3-4-8(13)14(17)18)9(15)12-5-6(11)10(16)19-2/h3-4,6H,5H2,1-2H3,(H,12,15). The van der Waals surface area contributed by atoms with Gasteiger partial charge in [0, 0.05) is 12.6 Å². The number of ether oxygens (including phenoxy) is 1. The van der Waals surface area contributed by atoms with Crippen LogP contribution in [0.1, 0.15) is 10.5 Å². The van der Waals surface area contributed by atoms with Gasteiger partial charge in [-0.1, -0.05) is 22.6 Å². The third-order valence-corrected chi connectivity index (χ3v) is 3.36. The molecule has 0 aromatic carbocycles. The quantitative estimate of drug-likeness (QED) is 0.265. The highest BCUT2D eigenvalue weighted by molar-refractivity contribution is 14.1. The van der Waals surface area contributed by atoms with E-state index >= 15 is 0 Å². The lowest BCUT2D eigenvalue weighted by Gasteiger charge is -2.08. The highest BCUT2D eigenvalue weighted by Gasteiger charge is 2.22. The fraction of sp³-hybridized carbons (Fsp3) is 0.400. The first-order valence-electron chi connectivity index (χ1n) is 5.18. The maximum atomic E-state index is 11.8. The topological polar surface area (TPSA) is 103 Å². The monoisotopic (exact) mass is 381 g/mol. The molecule has 0 aliphatic rings. The number of amides is 1. The minimum absolute atomic E-state index is 0.0883. The van der Waals surface area contributed by atoms with Crippen molar-refractivity contribution < 1.29 is 19.2 Å². The van der Waals surface area contributed by atoms with Gasteiger partial charge >= 0.3 is 11.8 Å². The van der Waals surface area contributed by atoms with Gasteiger partial charge in [0.05, 0.1) is 14.2 Å². The lowest BCUT2D eigenvalue weighted by atomic mass is 10.3. The van der Waals surface area contributed by atoms with Crippen molar-refractivity contribution in [1.82, 2.24) is 9.88 Å². The van der Waals surface area contributed by atoms with Crippen molar-refractivity contribution >= 4 is 40.3 Å². The smallest absolute Gasteiger partial charge is 0.323 e. The highest BCUT2D eigenvalue weighted by Crippen LogP contribution is 2.14. The minimum atomic E-state index is -0.577. The molecule has 8 nitrogen and oxygen atoms in total. The molecule has 0 saturated heterocycles. The van der Waals surface area contributed by atoms with Crippen molar-refractivity contribution in [2.24, 2.45) is 7.05 Å². The van der Waals surface area contributed by atoms with E-state index in [1.54, 1.807) is 0 Å². The van der Waals surface area contributed by atoms with Crippen molar-refractivity contribution in [1.29, 1.82) is 0 Å². The van der Waals surface area contributed by atoms with E-state index in [1.807, 2.05) is 22.6 Å². The predicted molar refractivity (Wildman–Crippen MR) is 74.2 cm³/mol. The van der Waals surface area contributed by atoms with Crippen LogP contribution in [-0.2, 0) is 16.6 Å². The summed E-state index contributed by atoms with van der Waals surface area (Å²) in [7, 11) is 2.69. The summed E-state index contributed by atoms with van der Waals surface area (Å²) in [4.78, 5) is 33.0. The van der Waals surface area contributed by atoms with Crippen molar-refractivity contribution in [3.8, 4) is 0 Å². The van der Waals surface area contributed by atoms with E-state index in [0.717, 1.165) is 0 Å². The molecule has 19 heavy (non-hydrogen) atoms. The number of rotatable bonds is 5. The lowest BCUT2D eigenvalue weighted by molar-refractivity contribution is -0.391. The molecule has 0 saturated carbocycles. The summed E-state index contributed by atoms with van der Waals surface area (Å²) in [5, 5.41) is 13.2. The van der Waals surface area contributed by atoms with Gasteiger partial charge in [-0.2, -0.15) is 0 Å². The summed E-state index contributed by atoms with van der Waals surface area (Å²) in [6, 6.07) is 2.60. The Balaban J connectivity index is 2.69. The largest absolute Gasteiger partial charge is 0.468 e. The number of hydrogen-bond donors (Lipinski definition) is 1. The third-order valence-electron chi connectivity index (χ3n) is 2.41. The second-order valence-electron chi connectivity index (χ2n) is 3.59. The summed E-state index contributed by atoms with van der Waals surface area (Å²) < 4.78 is 5.18. The van der Waals surface area contributed by atoms with Crippen LogP contribution in [0, 0.1) is 10.1 Å². The fourth-order valence-corrected chi connectivity index (χ4v) is 1.87. The molecule has 1 unspecified atom stereocenters. The molecular weight excluding hydrogens is 369 g/mol. The summed E-state index contributed by atoms with van der Waals surface area (Å²) in [6.07, 6.45) is 0.